The summed E-state index contributed by atoms with van der Waals surface area (Å²) in [6.45, 7) is 1.42. The van der Waals surface area contributed by atoms with Crippen LogP contribution in [-0.4, -0.2) is 42.5 Å². The number of carboxylic acid groups (broad SMARTS) is 1. The van der Waals surface area contributed by atoms with Gasteiger partial charge in [-0.2, -0.15) is 5.10 Å². The highest BCUT2D eigenvalue weighted by Crippen LogP contribution is 2.32. The van der Waals surface area contributed by atoms with Gasteiger partial charge in [-0.1, -0.05) is 42.2 Å². The molecule has 6 nitrogen and oxygen atoms in total. The molecule has 1 aromatic carbocycles. The topological polar surface area (TPSA) is 75.4 Å². The number of aryl methyl sites for hydroxylation is 1. The van der Waals surface area contributed by atoms with Crippen molar-refractivity contribution in [3.63, 3.8) is 0 Å². The summed E-state index contributed by atoms with van der Waals surface area (Å²) < 4.78 is 1.99. The molecule has 1 aliphatic rings. The predicted octanol–water partition coefficient (Wildman–Crippen LogP) is 2.47. The van der Waals surface area contributed by atoms with E-state index in [0.29, 0.717) is 4.91 Å². The molecule has 0 spiro atoms. The summed E-state index contributed by atoms with van der Waals surface area (Å²) in [4.78, 5) is 24.6. The number of carboxylic acids is 1. The smallest absolute Gasteiger partial charge is 0.323 e. The summed E-state index contributed by atoms with van der Waals surface area (Å²) in [5.41, 5.74) is 2.47. The van der Waals surface area contributed by atoms with Crippen LogP contribution < -0.4 is 0 Å². The van der Waals surface area contributed by atoms with Gasteiger partial charge in [0.1, 0.15) is 10.9 Å². The van der Waals surface area contributed by atoms with Gasteiger partial charge in [0.15, 0.2) is 0 Å². The second-order valence-electron chi connectivity index (χ2n) is 5.11. The fourth-order valence-electron chi connectivity index (χ4n) is 2.24. The zero-order valence-corrected chi connectivity index (χ0v) is 14.3. The van der Waals surface area contributed by atoms with Crippen molar-refractivity contribution < 1.29 is 14.7 Å². The molecule has 1 saturated heterocycles. The minimum absolute atomic E-state index is 0.252. The number of aliphatic carboxylic acids is 1. The summed E-state index contributed by atoms with van der Waals surface area (Å²) in [6, 6.07) is 9.63. The second-order valence-corrected chi connectivity index (χ2v) is 6.79. The van der Waals surface area contributed by atoms with Crippen molar-refractivity contribution in [3.05, 3.63) is 52.7 Å². The van der Waals surface area contributed by atoms with Gasteiger partial charge in [-0.05, 0) is 25.1 Å². The summed E-state index contributed by atoms with van der Waals surface area (Å²) in [7, 11) is 0. The molecule has 0 bridgehead atoms. The zero-order chi connectivity index (χ0) is 17.3. The maximum Gasteiger partial charge on any atom is 0.323 e. The monoisotopic (exact) mass is 359 g/mol. The molecule has 0 aliphatic carbocycles. The van der Waals surface area contributed by atoms with E-state index in [-0.39, 0.29) is 10.2 Å². The van der Waals surface area contributed by atoms with Gasteiger partial charge in [0, 0.05) is 11.8 Å². The third-order valence-electron chi connectivity index (χ3n) is 3.41. The minimum Gasteiger partial charge on any atom is -0.480 e. The van der Waals surface area contributed by atoms with Crippen LogP contribution in [0.3, 0.4) is 0 Å². The first-order chi connectivity index (χ1) is 11.5. The van der Waals surface area contributed by atoms with Crippen molar-refractivity contribution in [3.8, 4) is 5.69 Å². The third-order valence-corrected chi connectivity index (χ3v) is 4.79. The van der Waals surface area contributed by atoms with Crippen LogP contribution >= 0.6 is 24.0 Å². The van der Waals surface area contributed by atoms with Crippen LogP contribution in [0.15, 0.2) is 41.4 Å². The first-order valence-electron chi connectivity index (χ1n) is 7.04. The minimum atomic E-state index is -1.10. The van der Waals surface area contributed by atoms with Gasteiger partial charge in [-0.15, -0.1) is 0 Å². The summed E-state index contributed by atoms with van der Waals surface area (Å²) in [6.07, 6.45) is 3.53. The molecule has 3 rings (SSSR count). The van der Waals surface area contributed by atoms with Gasteiger partial charge in [0.2, 0.25) is 0 Å². The Labute approximate surface area is 147 Å². The molecule has 122 valence electrons. The van der Waals surface area contributed by atoms with E-state index in [0.717, 1.165) is 33.6 Å². The predicted molar refractivity (Wildman–Crippen MR) is 95.8 cm³/mol. The highest BCUT2D eigenvalue weighted by molar-refractivity contribution is 8.26. The van der Waals surface area contributed by atoms with Crippen molar-refractivity contribution in [1.29, 1.82) is 0 Å². The van der Waals surface area contributed by atoms with Crippen LogP contribution in [-0.2, 0) is 9.59 Å². The molecule has 2 aromatic rings. The normalized spacial score (nSPS) is 16.2. The van der Waals surface area contributed by atoms with E-state index in [1.807, 2.05) is 43.5 Å². The molecule has 0 radical (unpaired) electrons. The number of benzene rings is 1. The number of rotatable bonds is 4. The summed E-state index contributed by atoms with van der Waals surface area (Å²) >= 11 is 6.19. The Morgan fingerprint density at radius 1 is 1.38 bits per heavy atom. The number of nitrogens with zero attached hydrogens (tertiary/aromatic N) is 3. The van der Waals surface area contributed by atoms with E-state index in [1.165, 1.54) is 0 Å². The molecule has 8 heteroatoms. The molecule has 0 saturated carbocycles. The number of para-hydroxylation sites is 1. The van der Waals surface area contributed by atoms with Gasteiger partial charge >= 0.3 is 5.97 Å². The summed E-state index contributed by atoms with van der Waals surface area (Å²) in [5.74, 6) is -1.49. The lowest BCUT2D eigenvalue weighted by Gasteiger charge is -2.10. The maximum absolute atomic E-state index is 12.3. The fraction of sp³-hybridized carbons (Fsp3) is 0.125. The Morgan fingerprint density at radius 3 is 2.75 bits per heavy atom. The lowest BCUT2D eigenvalue weighted by Crippen LogP contribution is -2.33. The largest absolute Gasteiger partial charge is 0.480 e. The van der Waals surface area contributed by atoms with Crippen LogP contribution in [0.1, 0.15) is 11.3 Å². The number of amides is 1. The van der Waals surface area contributed by atoms with Crippen molar-refractivity contribution in [1.82, 2.24) is 14.7 Å². The van der Waals surface area contributed by atoms with E-state index in [4.69, 9.17) is 17.3 Å². The number of carbonyl (C=O) groups excluding carboxylic acids is 1. The van der Waals surface area contributed by atoms with Gasteiger partial charge in [-0.3, -0.25) is 14.5 Å². The molecule has 1 N–H and O–H groups in total. The van der Waals surface area contributed by atoms with E-state index < -0.39 is 12.5 Å². The molecule has 1 amide bonds. The number of hydrogen-bond acceptors (Lipinski definition) is 5. The maximum atomic E-state index is 12.3. The molecule has 24 heavy (non-hydrogen) atoms. The fourth-order valence-corrected chi connectivity index (χ4v) is 3.49. The Bertz CT molecular complexity index is 859. The van der Waals surface area contributed by atoms with E-state index in [1.54, 1.807) is 10.8 Å². The van der Waals surface area contributed by atoms with Crippen LogP contribution in [0.5, 0.6) is 0 Å². The van der Waals surface area contributed by atoms with Gasteiger partial charge < -0.3 is 5.11 Å². The van der Waals surface area contributed by atoms with Gasteiger partial charge in [0.25, 0.3) is 5.91 Å². The van der Waals surface area contributed by atoms with E-state index >= 15 is 0 Å². The van der Waals surface area contributed by atoms with E-state index in [9.17, 15) is 9.59 Å². The Kier molecular flexibility index (Phi) is 4.50. The Balaban J connectivity index is 1.90. The Morgan fingerprint density at radius 2 is 2.08 bits per heavy atom. The number of thiocarbonyl (C=S) groups is 1. The highest BCUT2D eigenvalue weighted by Gasteiger charge is 2.33. The lowest BCUT2D eigenvalue weighted by molar-refractivity contribution is -0.140. The summed E-state index contributed by atoms with van der Waals surface area (Å²) in [5, 5.41) is 13.3. The molecule has 2 heterocycles. The first-order valence-corrected chi connectivity index (χ1v) is 8.27. The molecule has 0 unspecified atom stereocenters. The van der Waals surface area contributed by atoms with Crippen molar-refractivity contribution in [2.45, 2.75) is 6.92 Å². The van der Waals surface area contributed by atoms with Crippen molar-refractivity contribution >= 4 is 46.3 Å². The average molecular weight is 359 g/mol. The quantitative estimate of drug-likeness (QED) is 0.668. The van der Waals surface area contributed by atoms with Crippen LogP contribution in [0.2, 0.25) is 0 Å². The van der Waals surface area contributed by atoms with Gasteiger partial charge in [-0.25, -0.2) is 4.68 Å². The molecule has 0 atom stereocenters. The molecular formula is C16H13N3O3S2. The Hall–Kier alpha value is -2.45. The van der Waals surface area contributed by atoms with Crippen molar-refractivity contribution in [2.75, 3.05) is 6.54 Å². The number of thioether (sulfide) groups is 1. The van der Waals surface area contributed by atoms with E-state index in [2.05, 4.69) is 5.10 Å². The average Bonchev–Trinajstić information content (AvgIpc) is 3.04. The van der Waals surface area contributed by atoms with Crippen LogP contribution in [0.25, 0.3) is 11.8 Å². The zero-order valence-electron chi connectivity index (χ0n) is 12.7. The van der Waals surface area contributed by atoms with Crippen molar-refractivity contribution in [2.24, 2.45) is 0 Å². The molecule has 1 fully saturated rings. The number of carbonyl (C=O) groups is 2. The number of hydrogen-bond donors (Lipinski definition) is 1. The second kappa shape index (κ2) is 6.58. The van der Waals surface area contributed by atoms with Crippen LogP contribution in [0, 0.1) is 6.92 Å². The third kappa shape index (κ3) is 3.24. The lowest BCUT2D eigenvalue weighted by atomic mass is 10.2. The first kappa shape index (κ1) is 16.4. The highest BCUT2D eigenvalue weighted by atomic mass is 32.2. The standard InChI is InChI=1S/C16H13N3O3S2/c1-10-11(8-19(17-10)12-5-3-2-4-6-12)7-13-15(22)18(9-14(20)21)16(23)24-13/h2-8H,9H2,1H3,(H,20,21)/b13-7-. The molecule has 1 aliphatic heterocycles. The molecule has 1 aromatic heterocycles. The van der Waals surface area contributed by atoms with Crippen LogP contribution in [0.4, 0.5) is 0 Å². The molecular weight excluding hydrogens is 346 g/mol. The number of aromatic nitrogens is 2. The van der Waals surface area contributed by atoms with Gasteiger partial charge in [0.05, 0.1) is 16.3 Å². The SMILES string of the molecule is Cc1nn(-c2ccccc2)cc1/C=C1\SC(=S)N(CC(=O)O)C1=O.